The van der Waals surface area contributed by atoms with Gasteiger partial charge in [0.05, 0.1) is 5.69 Å². The number of carbonyl (C=O) groups is 1. The van der Waals surface area contributed by atoms with Crippen molar-refractivity contribution in [2.75, 3.05) is 6.54 Å². The van der Waals surface area contributed by atoms with Gasteiger partial charge in [-0.05, 0) is 49.9 Å². The second-order valence-electron chi connectivity index (χ2n) is 7.59. The number of aromatic carboxylic acids is 1. The van der Waals surface area contributed by atoms with Crippen molar-refractivity contribution >= 4 is 16.9 Å². The molecule has 0 saturated heterocycles. The fourth-order valence-corrected chi connectivity index (χ4v) is 4.33. The Morgan fingerprint density at radius 1 is 1.28 bits per heavy atom. The summed E-state index contributed by atoms with van der Waals surface area (Å²) in [6.45, 7) is 3.88. The number of aromatic hydroxyl groups is 1. The quantitative estimate of drug-likeness (QED) is 0.497. The van der Waals surface area contributed by atoms with Gasteiger partial charge in [0.2, 0.25) is 0 Å². The first kappa shape index (κ1) is 19.3. The minimum Gasteiger partial charge on any atom is -0.506 e. The molecule has 0 spiro atoms. The van der Waals surface area contributed by atoms with Crippen molar-refractivity contribution in [2.24, 2.45) is 7.05 Å². The van der Waals surface area contributed by atoms with E-state index in [0.717, 1.165) is 54.4 Å². The van der Waals surface area contributed by atoms with Crippen LogP contribution in [-0.4, -0.2) is 32.3 Å². The van der Waals surface area contributed by atoms with Crippen molar-refractivity contribution in [1.82, 2.24) is 14.9 Å². The fraction of sp³-hybridized carbons (Fsp3) is 0.364. The Kier molecular flexibility index (Phi) is 4.92. The zero-order valence-corrected chi connectivity index (χ0v) is 16.6. The molecule has 0 radical (unpaired) electrons. The van der Waals surface area contributed by atoms with E-state index >= 15 is 0 Å². The fourth-order valence-electron chi connectivity index (χ4n) is 4.33. The highest BCUT2D eigenvalue weighted by molar-refractivity contribution is 5.94. The van der Waals surface area contributed by atoms with E-state index in [-0.39, 0.29) is 0 Å². The number of hydrogen-bond donors (Lipinski definition) is 4. The Bertz CT molecular complexity index is 1170. The standard InChI is InChI=1S/C22H25N3O4/c1-3-9-23-11-12-10-16-13-5-4-6-15-19(14(13)7-8-17(16)25(12)2)24-21(27)18(20(15)26)22(28)29/h7-8,10,23H,3-6,9,11H2,1-2H3,(H,28,29)(H2,24,26,27). The number of aromatic amines is 1. The maximum atomic E-state index is 12.3. The van der Waals surface area contributed by atoms with Gasteiger partial charge in [0.1, 0.15) is 5.75 Å². The third-order valence-electron chi connectivity index (χ3n) is 5.80. The number of pyridine rings is 1. The number of hydrogen-bond acceptors (Lipinski definition) is 4. The highest BCUT2D eigenvalue weighted by Gasteiger charge is 2.26. The van der Waals surface area contributed by atoms with E-state index < -0.39 is 22.8 Å². The molecule has 7 nitrogen and oxygen atoms in total. The number of carboxylic acid groups (broad SMARTS) is 1. The third-order valence-corrected chi connectivity index (χ3v) is 5.80. The van der Waals surface area contributed by atoms with E-state index in [0.29, 0.717) is 17.7 Å². The van der Waals surface area contributed by atoms with Crippen molar-refractivity contribution in [3.63, 3.8) is 0 Å². The topological polar surface area (TPSA) is 107 Å². The van der Waals surface area contributed by atoms with Crippen LogP contribution in [0.1, 0.15) is 46.9 Å². The summed E-state index contributed by atoms with van der Waals surface area (Å²) >= 11 is 0. The zero-order valence-electron chi connectivity index (χ0n) is 16.6. The van der Waals surface area contributed by atoms with Crippen LogP contribution in [-0.2, 0) is 26.4 Å². The summed E-state index contributed by atoms with van der Waals surface area (Å²) in [5.41, 5.74) is 3.95. The monoisotopic (exact) mass is 395 g/mol. The van der Waals surface area contributed by atoms with E-state index in [4.69, 9.17) is 0 Å². The Morgan fingerprint density at radius 3 is 2.76 bits per heavy atom. The predicted molar refractivity (Wildman–Crippen MR) is 112 cm³/mol. The van der Waals surface area contributed by atoms with Crippen LogP contribution in [0.4, 0.5) is 0 Å². The van der Waals surface area contributed by atoms with Crippen LogP contribution in [0.15, 0.2) is 23.0 Å². The smallest absolute Gasteiger partial charge is 0.345 e. The minimum atomic E-state index is -1.42. The van der Waals surface area contributed by atoms with Gasteiger partial charge in [-0.25, -0.2) is 4.79 Å². The minimum absolute atomic E-state index is 0.415. The van der Waals surface area contributed by atoms with Crippen LogP contribution in [0.25, 0.3) is 22.2 Å². The summed E-state index contributed by atoms with van der Waals surface area (Å²) in [5, 5.41) is 24.4. The molecule has 1 aliphatic carbocycles. The maximum absolute atomic E-state index is 12.3. The maximum Gasteiger partial charge on any atom is 0.345 e. The molecule has 4 rings (SSSR count). The number of nitrogens with one attached hydrogen (secondary N) is 2. The van der Waals surface area contributed by atoms with Crippen molar-refractivity contribution in [1.29, 1.82) is 0 Å². The summed E-state index contributed by atoms with van der Waals surface area (Å²) in [6, 6.07) is 6.17. The number of aryl methyl sites for hydroxylation is 2. The van der Waals surface area contributed by atoms with Gasteiger partial charge in [-0.15, -0.1) is 0 Å². The molecule has 0 fully saturated rings. The van der Waals surface area contributed by atoms with Gasteiger partial charge >= 0.3 is 5.97 Å². The Labute approximate surface area is 168 Å². The molecule has 0 aliphatic heterocycles. The average molecular weight is 395 g/mol. The molecular formula is C22H25N3O4. The summed E-state index contributed by atoms with van der Waals surface area (Å²) < 4.78 is 2.18. The lowest BCUT2D eigenvalue weighted by Crippen LogP contribution is -2.20. The molecule has 152 valence electrons. The van der Waals surface area contributed by atoms with Crippen LogP contribution in [0.3, 0.4) is 0 Å². The largest absolute Gasteiger partial charge is 0.506 e. The number of rotatable bonds is 5. The van der Waals surface area contributed by atoms with Crippen molar-refractivity contribution in [2.45, 2.75) is 39.2 Å². The molecule has 0 atom stereocenters. The Balaban J connectivity index is 1.91. The molecule has 2 heterocycles. The van der Waals surface area contributed by atoms with Gasteiger partial charge in [0, 0.05) is 41.3 Å². The molecule has 0 amide bonds. The van der Waals surface area contributed by atoms with Gasteiger partial charge in [-0.2, -0.15) is 0 Å². The van der Waals surface area contributed by atoms with Gasteiger partial charge in [0.15, 0.2) is 5.56 Å². The van der Waals surface area contributed by atoms with Crippen LogP contribution in [0.5, 0.6) is 5.75 Å². The molecule has 1 aliphatic rings. The lowest BCUT2D eigenvalue weighted by Gasteiger charge is -2.13. The summed E-state index contributed by atoms with van der Waals surface area (Å²) in [5.74, 6) is -1.83. The molecule has 0 saturated carbocycles. The Morgan fingerprint density at radius 2 is 2.03 bits per heavy atom. The van der Waals surface area contributed by atoms with Crippen LogP contribution >= 0.6 is 0 Å². The van der Waals surface area contributed by atoms with E-state index in [1.54, 1.807) is 0 Å². The number of fused-ring (bicyclic) bond motifs is 5. The molecule has 1 aromatic carbocycles. The molecule has 0 unspecified atom stereocenters. The lowest BCUT2D eigenvalue weighted by atomic mass is 9.97. The number of nitrogens with zero attached hydrogens (tertiary/aromatic N) is 1. The summed E-state index contributed by atoms with van der Waals surface area (Å²) in [4.78, 5) is 26.5. The third kappa shape index (κ3) is 3.11. The molecular weight excluding hydrogens is 370 g/mol. The first-order chi connectivity index (χ1) is 13.9. The molecule has 7 heteroatoms. The van der Waals surface area contributed by atoms with Crippen LogP contribution in [0, 0.1) is 0 Å². The first-order valence-corrected chi connectivity index (χ1v) is 9.96. The second kappa shape index (κ2) is 7.40. The molecule has 0 bridgehead atoms. The van der Waals surface area contributed by atoms with E-state index in [9.17, 15) is 19.8 Å². The number of aromatic nitrogens is 2. The second-order valence-corrected chi connectivity index (χ2v) is 7.59. The highest BCUT2D eigenvalue weighted by Crippen LogP contribution is 2.39. The lowest BCUT2D eigenvalue weighted by molar-refractivity contribution is 0.0691. The summed E-state index contributed by atoms with van der Waals surface area (Å²) in [6.07, 6.45) is 3.13. The van der Waals surface area contributed by atoms with Gasteiger partial charge in [0.25, 0.3) is 5.56 Å². The highest BCUT2D eigenvalue weighted by atomic mass is 16.4. The molecule has 2 aromatic heterocycles. The predicted octanol–water partition coefficient (Wildman–Crippen LogP) is 2.93. The number of carboxylic acids is 1. The zero-order chi connectivity index (χ0) is 20.7. The average Bonchev–Trinajstić information content (AvgIpc) is 2.87. The van der Waals surface area contributed by atoms with Crippen molar-refractivity contribution in [3.8, 4) is 17.0 Å². The normalized spacial score (nSPS) is 13.2. The Hall–Kier alpha value is -3.06. The number of benzene rings is 1. The first-order valence-electron chi connectivity index (χ1n) is 9.96. The summed E-state index contributed by atoms with van der Waals surface area (Å²) in [7, 11) is 2.05. The van der Waals surface area contributed by atoms with E-state index in [1.165, 1.54) is 5.69 Å². The van der Waals surface area contributed by atoms with Crippen LogP contribution in [0.2, 0.25) is 0 Å². The van der Waals surface area contributed by atoms with Crippen LogP contribution < -0.4 is 10.9 Å². The van der Waals surface area contributed by atoms with Gasteiger partial charge < -0.3 is 25.1 Å². The molecule has 29 heavy (non-hydrogen) atoms. The van der Waals surface area contributed by atoms with Crippen molar-refractivity contribution < 1.29 is 15.0 Å². The SMILES string of the molecule is CCCNCc1cc2c3c(ccc2n1C)-c1[nH]c(=O)c(C(=O)O)c(O)c1CCC3. The van der Waals surface area contributed by atoms with E-state index in [2.05, 4.69) is 34.9 Å². The van der Waals surface area contributed by atoms with Gasteiger partial charge in [-0.1, -0.05) is 13.0 Å². The molecule has 4 N–H and O–H groups in total. The molecule has 3 aromatic rings. The van der Waals surface area contributed by atoms with E-state index in [1.807, 2.05) is 12.1 Å². The number of H-pyrrole nitrogens is 1. The van der Waals surface area contributed by atoms with Crippen molar-refractivity contribution in [3.05, 3.63) is 50.9 Å². The van der Waals surface area contributed by atoms with Gasteiger partial charge in [-0.3, -0.25) is 4.79 Å².